The number of benzene rings is 2. The van der Waals surface area contributed by atoms with Crippen LogP contribution >= 0.6 is 0 Å². The summed E-state index contributed by atoms with van der Waals surface area (Å²) in [6, 6.07) is 12.7. The molecule has 384 valence electrons. The van der Waals surface area contributed by atoms with Crippen molar-refractivity contribution in [3.8, 4) is 22.4 Å². The number of amides is 3. The molecule has 71 heavy (non-hydrogen) atoms. The SMILES string of the molecule is CCn1c(-c2cccnc2COC)c2c3cc(ccc31)-c1cc(cc(NS(=O)(=O)/C=C/C(=O)OC)c1)C[C@H](NC(=O)[C@H](C(C)C)N(C)C(=O)OC(C)(C)C)C(=O)N1CCC[C@H](N1)C1OC1OCC(C)(C)C2. The van der Waals surface area contributed by atoms with Crippen molar-refractivity contribution in [3.05, 3.63) is 83.0 Å². The number of epoxide rings is 1. The lowest BCUT2D eigenvalue weighted by Gasteiger charge is -2.37. The van der Waals surface area contributed by atoms with Crippen LogP contribution in [0.15, 0.2) is 66.2 Å². The Morgan fingerprint density at radius 3 is 2.54 bits per heavy atom. The van der Waals surface area contributed by atoms with Gasteiger partial charge in [-0.05, 0) is 117 Å². The van der Waals surface area contributed by atoms with Gasteiger partial charge in [0.25, 0.3) is 15.9 Å². The van der Waals surface area contributed by atoms with Gasteiger partial charge in [0.2, 0.25) is 5.91 Å². The van der Waals surface area contributed by atoms with Crippen LogP contribution < -0.4 is 15.5 Å². The number of aryl methyl sites for hydroxylation is 1. The van der Waals surface area contributed by atoms with E-state index in [0.29, 0.717) is 56.7 Å². The van der Waals surface area contributed by atoms with Crippen molar-refractivity contribution >= 4 is 50.5 Å². The van der Waals surface area contributed by atoms with E-state index in [1.165, 1.54) is 17.0 Å². The third-order valence-electron chi connectivity index (χ3n) is 12.8. The lowest BCUT2D eigenvalue weighted by molar-refractivity contribution is -0.142. The minimum Gasteiger partial charge on any atom is -0.466 e. The molecule has 7 rings (SSSR count). The number of carbonyl (C=O) groups is 4. The normalized spacial score (nSPS) is 21.0. The summed E-state index contributed by atoms with van der Waals surface area (Å²) in [5, 5.41) is 6.19. The second-order valence-corrected chi connectivity index (χ2v) is 22.2. The smallest absolute Gasteiger partial charge is 0.410 e. The van der Waals surface area contributed by atoms with Crippen molar-refractivity contribution in [1.29, 1.82) is 0 Å². The molecule has 0 radical (unpaired) electrons. The summed E-state index contributed by atoms with van der Waals surface area (Å²) in [6.45, 7) is 16.9. The molecule has 2 fully saturated rings. The quantitative estimate of drug-likeness (QED) is 0.0767. The number of esters is 1. The molecule has 18 nitrogen and oxygen atoms in total. The molecule has 4 aromatic rings. The summed E-state index contributed by atoms with van der Waals surface area (Å²) in [6.07, 6.45) is 2.87. The van der Waals surface area contributed by atoms with Crippen LogP contribution in [0.25, 0.3) is 33.3 Å². The number of rotatable bonds is 12. The molecule has 0 spiro atoms. The van der Waals surface area contributed by atoms with E-state index >= 15 is 0 Å². The zero-order chi connectivity index (χ0) is 51.6. The van der Waals surface area contributed by atoms with Crippen LogP contribution in [0.4, 0.5) is 10.5 Å². The number of nitrogens with one attached hydrogen (secondary N) is 3. The zero-order valence-corrected chi connectivity index (χ0v) is 43.5. The molecule has 2 aromatic carbocycles. The van der Waals surface area contributed by atoms with Crippen LogP contribution in [-0.2, 0) is 74.1 Å². The van der Waals surface area contributed by atoms with Crippen molar-refractivity contribution in [3.63, 3.8) is 0 Å². The highest BCUT2D eigenvalue weighted by atomic mass is 32.2. The van der Waals surface area contributed by atoms with E-state index in [4.69, 9.17) is 23.9 Å². The Labute approximate surface area is 416 Å². The summed E-state index contributed by atoms with van der Waals surface area (Å²) >= 11 is 0. The van der Waals surface area contributed by atoms with E-state index in [-0.39, 0.29) is 24.3 Å². The van der Waals surface area contributed by atoms with Gasteiger partial charge >= 0.3 is 12.1 Å². The van der Waals surface area contributed by atoms with Crippen molar-refractivity contribution in [2.45, 2.75) is 130 Å². The highest BCUT2D eigenvalue weighted by Gasteiger charge is 2.49. The Kier molecular flexibility index (Phi) is 16.0. The van der Waals surface area contributed by atoms with Gasteiger partial charge in [0.1, 0.15) is 23.8 Å². The number of hydrazine groups is 1. The molecule has 2 saturated heterocycles. The van der Waals surface area contributed by atoms with Gasteiger partial charge < -0.3 is 33.6 Å². The predicted octanol–water partition coefficient (Wildman–Crippen LogP) is 6.70. The minimum atomic E-state index is -4.28. The molecular formula is C52H69N7O11S. The lowest BCUT2D eigenvalue weighted by Crippen LogP contribution is -2.61. The average molecular weight is 1000 g/mol. The van der Waals surface area contributed by atoms with Crippen molar-refractivity contribution in [1.82, 2.24) is 30.2 Å². The number of ether oxygens (including phenoxy) is 5. The molecule has 6 bridgehead atoms. The van der Waals surface area contributed by atoms with Gasteiger partial charge in [-0.1, -0.05) is 39.8 Å². The summed E-state index contributed by atoms with van der Waals surface area (Å²) in [5.74, 6) is -2.28. The molecule has 3 amide bonds. The maximum absolute atomic E-state index is 15.0. The first kappa shape index (κ1) is 53.0. The van der Waals surface area contributed by atoms with Gasteiger partial charge in [0.15, 0.2) is 6.29 Å². The van der Waals surface area contributed by atoms with Gasteiger partial charge in [-0.25, -0.2) is 23.4 Å². The molecule has 2 aromatic heterocycles. The molecule has 0 saturated carbocycles. The molecule has 0 aliphatic carbocycles. The summed E-state index contributed by atoms with van der Waals surface area (Å²) in [5.41, 5.74) is 8.88. The topological polar surface area (TPSA) is 212 Å². The number of pyridine rings is 1. The van der Waals surface area contributed by atoms with E-state index in [1.807, 2.05) is 18.2 Å². The van der Waals surface area contributed by atoms with Crippen LogP contribution in [0.2, 0.25) is 0 Å². The third-order valence-corrected chi connectivity index (χ3v) is 13.8. The molecule has 5 heterocycles. The number of hydrogen-bond donors (Lipinski definition) is 3. The number of likely N-dealkylation sites (N-methyl/N-ethyl adjacent to an activating group) is 1. The third kappa shape index (κ3) is 12.6. The Morgan fingerprint density at radius 2 is 1.85 bits per heavy atom. The van der Waals surface area contributed by atoms with Gasteiger partial charge in [-0.2, -0.15) is 0 Å². The van der Waals surface area contributed by atoms with E-state index in [2.05, 4.69) is 63.7 Å². The Hall–Kier alpha value is -5.86. The van der Waals surface area contributed by atoms with Crippen molar-refractivity contribution in [2.75, 3.05) is 39.1 Å². The minimum absolute atomic E-state index is 0.0953. The molecule has 19 heteroatoms. The average Bonchev–Trinajstić information content (AvgIpc) is 4.04. The number of anilines is 1. The monoisotopic (exact) mass is 999 g/mol. The van der Waals surface area contributed by atoms with E-state index in [0.717, 1.165) is 57.6 Å². The van der Waals surface area contributed by atoms with Crippen LogP contribution in [0.3, 0.4) is 0 Å². The van der Waals surface area contributed by atoms with Gasteiger partial charge in [-0.15, -0.1) is 0 Å². The standard InChI is InChI=1S/C52H69N7O11S/c1-12-58-42-18-17-33-27-37(42)38(45(58)36-15-13-20-53-41(36)29-66-10)28-52(7,8)30-68-49-46(69-49)39-16-14-21-59(55-39)48(62)40(54-47(61)44(31(2)3)57(9)50(63)70-51(4,5)6)25-32-23-34(33)26-35(24-32)56-71(64,65)22-19-43(60)67-11/h13,15,17-20,22-24,26-27,31,39-40,44,46,49,55-56H,12,14,16,21,25,28-30H2,1-11H3,(H,54,61)/b22-19+/t39-,40-,44-,46?,49?/m0/s1. The molecule has 2 unspecified atom stereocenters. The first-order chi connectivity index (χ1) is 33.5. The van der Waals surface area contributed by atoms with Gasteiger partial charge in [-0.3, -0.25) is 29.2 Å². The number of nitrogens with zero attached hydrogens (tertiary/aromatic N) is 4. The first-order valence-electron chi connectivity index (χ1n) is 24.1. The second kappa shape index (κ2) is 21.5. The second-order valence-electron chi connectivity index (χ2n) is 20.7. The van der Waals surface area contributed by atoms with Crippen LogP contribution in [0.5, 0.6) is 0 Å². The largest absolute Gasteiger partial charge is 0.466 e. The fourth-order valence-corrected chi connectivity index (χ4v) is 10.4. The van der Waals surface area contributed by atoms with Crippen LogP contribution in [0, 0.1) is 11.3 Å². The maximum atomic E-state index is 15.0. The molecular weight excluding hydrogens is 931 g/mol. The number of methoxy groups -OCH3 is 2. The van der Waals surface area contributed by atoms with Crippen LogP contribution in [0.1, 0.15) is 85.1 Å². The molecule has 5 atom stereocenters. The van der Waals surface area contributed by atoms with E-state index in [9.17, 15) is 27.6 Å². The number of sulfonamides is 1. The van der Waals surface area contributed by atoms with Crippen LogP contribution in [-0.4, -0.2) is 122 Å². The van der Waals surface area contributed by atoms with Crippen molar-refractivity contribution < 1.29 is 51.3 Å². The van der Waals surface area contributed by atoms with Gasteiger partial charge in [0.05, 0.1) is 43.2 Å². The lowest BCUT2D eigenvalue weighted by atomic mass is 9.84. The predicted molar refractivity (Wildman–Crippen MR) is 269 cm³/mol. The first-order valence-corrected chi connectivity index (χ1v) is 25.7. The zero-order valence-electron chi connectivity index (χ0n) is 42.7. The maximum Gasteiger partial charge on any atom is 0.410 e. The number of fused-ring (bicyclic) bond motifs is 8. The fraction of sp³-hybridized carbons (Fsp3) is 0.519. The Bertz CT molecular complexity index is 2780. The number of aromatic nitrogens is 2. The fourth-order valence-electron chi connectivity index (χ4n) is 9.60. The number of carbonyl (C=O) groups excluding carboxylic acids is 4. The number of hydrogen-bond acceptors (Lipinski definition) is 13. The molecule has 3 aliphatic heterocycles. The Morgan fingerprint density at radius 1 is 1.08 bits per heavy atom. The Balaban J connectivity index is 1.41. The van der Waals surface area contributed by atoms with Gasteiger partial charge in [0, 0.05) is 68.1 Å². The highest BCUT2D eigenvalue weighted by Crippen LogP contribution is 2.42. The van der Waals surface area contributed by atoms with E-state index < -0.39 is 69.2 Å². The molecule has 3 aliphatic rings. The summed E-state index contributed by atoms with van der Waals surface area (Å²) in [7, 11) is -0.000277. The van der Waals surface area contributed by atoms with Crippen molar-refractivity contribution in [2.24, 2.45) is 11.3 Å². The summed E-state index contributed by atoms with van der Waals surface area (Å²) < 4.78 is 60.6. The highest BCUT2D eigenvalue weighted by molar-refractivity contribution is 7.95. The van der Waals surface area contributed by atoms with E-state index in [1.54, 1.807) is 60.1 Å². The summed E-state index contributed by atoms with van der Waals surface area (Å²) in [4.78, 5) is 60.9. The molecule has 3 N–H and O–H groups in total.